The van der Waals surface area contributed by atoms with Gasteiger partial charge in [-0.25, -0.2) is 9.97 Å². The van der Waals surface area contributed by atoms with Crippen LogP contribution in [0.3, 0.4) is 0 Å². The summed E-state index contributed by atoms with van der Waals surface area (Å²) in [5.74, 6) is 1.21. The van der Waals surface area contributed by atoms with Crippen LogP contribution in [0.4, 0.5) is 5.69 Å². The maximum Gasteiger partial charge on any atom is 0.240 e. The number of nitrogens with zero attached hydrogens (tertiary/aromatic N) is 6. The van der Waals surface area contributed by atoms with Gasteiger partial charge in [0.2, 0.25) is 11.8 Å². The van der Waals surface area contributed by atoms with Crippen molar-refractivity contribution in [3.63, 3.8) is 0 Å². The number of rotatable bonds is 5. The van der Waals surface area contributed by atoms with Gasteiger partial charge in [-0.3, -0.25) is 9.78 Å². The van der Waals surface area contributed by atoms with Crippen molar-refractivity contribution in [1.82, 2.24) is 24.5 Å². The zero-order valence-electron chi connectivity index (χ0n) is 19.8. The lowest BCUT2D eigenvalue weighted by Crippen LogP contribution is -2.27. The van der Waals surface area contributed by atoms with Gasteiger partial charge >= 0.3 is 0 Å². The average Bonchev–Trinajstić information content (AvgIpc) is 3.23. The summed E-state index contributed by atoms with van der Waals surface area (Å²) in [7, 11) is 1.50. The van der Waals surface area contributed by atoms with E-state index in [0.717, 1.165) is 29.3 Å². The highest BCUT2D eigenvalue weighted by molar-refractivity contribution is 6.03. The summed E-state index contributed by atoms with van der Waals surface area (Å²) in [4.78, 5) is 30.8. The number of imidazole rings is 1. The van der Waals surface area contributed by atoms with Crippen LogP contribution in [0.1, 0.15) is 43.0 Å². The summed E-state index contributed by atoms with van der Waals surface area (Å²) in [5, 5.41) is 13.2. The minimum Gasteiger partial charge on any atom is -0.479 e. The van der Waals surface area contributed by atoms with Crippen LogP contribution in [-0.4, -0.2) is 50.2 Å². The molecular formula is C25H25N7O3. The Hall–Kier alpha value is -4.10. The number of aromatic nitrogens is 5. The molecule has 3 aromatic heterocycles. The van der Waals surface area contributed by atoms with Gasteiger partial charge in [0.05, 0.1) is 54.7 Å². The Kier molecular flexibility index (Phi) is 6.01. The first-order chi connectivity index (χ1) is 17.0. The molecule has 1 aliphatic heterocycles. The SMILES string of the molecule is COc1nc(C)ncc1NC(=O)Cc1nc2cnc3ccc(C#N)cc3c2n1[C@@H]1CCO[C@H](C)C1. The van der Waals surface area contributed by atoms with Crippen molar-refractivity contribution >= 4 is 33.5 Å². The molecule has 1 N–H and O–H groups in total. The first-order valence-electron chi connectivity index (χ1n) is 11.5. The third kappa shape index (κ3) is 4.38. The van der Waals surface area contributed by atoms with Gasteiger partial charge in [-0.15, -0.1) is 0 Å². The maximum absolute atomic E-state index is 13.1. The fourth-order valence-electron chi connectivity index (χ4n) is 4.65. The Morgan fingerprint density at radius 1 is 1.29 bits per heavy atom. The maximum atomic E-state index is 13.1. The Morgan fingerprint density at radius 3 is 2.91 bits per heavy atom. The molecule has 0 bridgehead atoms. The average molecular weight is 472 g/mol. The molecule has 4 aromatic rings. The van der Waals surface area contributed by atoms with Crippen molar-refractivity contribution in [2.75, 3.05) is 19.0 Å². The Bertz CT molecular complexity index is 1470. The summed E-state index contributed by atoms with van der Waals surface area (Å²) < 4.78 is 13.2. The number of benzene rings is 1. The van der Waals surface area contributed by atoms with E-state index >= 15 is 0 Å². The van der Waals surface area contributed by atoms with Gasteiger partial charge in [0, 0.05) is 18.0 Å². The largest absolute Gasteiger partial charge is 0.479 e. The molecule has 35 heavy (non-hydrogen) atoms. The van der Waals surface area contributed by atoms with Gasteiger partial charge in [0.25, 0.3) is 0 Å². The summed E-state index contributed by atoms with van der Waals surface area (Å²) >= 11 is 0. The number of hydrogen-bond acceptors (Lipinski definition) is 8. The van der Waals surface area contributed by atoms with E-state index in [0.29, 0.717) is 40.9 Å². The number of anilines is 1. The van der Waals surface area contributed by atoms with Crippen molar-refractivity contribution in [2.45, 2.75) is 45.3 Å². The van der Waals surface area contributed by atoms with E-state index in [4.69, 9.17) is 14.5 Å². The second kappa shape index (κ2) is 9.27. The number of nitriles is 1. The minimum atomic E-state index is -0.262. The van der Waals surface area contributed by atoms with E-state index < -0.39 is 0 Å². The van der Waals surface area contributed by atoms with Crippen molar-refractivity contribution in [3.8, 4) is 11.9 Å². The molecule has 4 heterocycles. The number of methoxy groups -OCH3 is 1. The van der Waals surface area contributed by atoms with Crippen molar-refractivity contribution in [2.24, 2.45) is 0 Å². The van der Waals surface area contributed by atoms with Gasteiger partial charge in [-0.05, 0) is 44.9 Å². The van der Waals surface area contributed by atoms with Gasteiger partial charge < -0.3 is 19.4 Å². The zero-order chi connectivity index (χ0) is 24.5. The van der Waals surface area contributed by atoms with Crippen LogP contribution in [0.2, 0.25) is 0 Å². The summed E-state index contributed by atoms with van der Waals surface area (Å²) in [6.07, 6.45) is 4.97. The smallest absolute Gasteiger partial charge is 0.240 e. The molecule has 10 heteroatoms. The lowest BCUT2D eigenvalue weighted by atomic mass is 10.0. The Balaban J connectivity index is 1.59. The highest BCUT2D eigenvalue weighted by atomic mass is 16.5. The molecule has 1 saturated heterocycles. The van der Waals surface area contributed by atoms with Gasteiger partial charge in [0.15, 0.2) is 0 Å². The van der Waals surface area contributed by atoms with Crippen molar-refractivity contribution < 1.29 is 14.3 Å². The topological polar surface area (TPSA) is 128 Å². The Morgan fingerprint density at radius 2 is 2.14 bits per heavy atom. The van der Waals surface area contributed by atoms with Crippen LogP contribution in [0.15, 0.2) is 30.6 Å². The van der Waals surface area contributed by atoms with Crippen molar-refractivity contribution in [3.05, 3.63) is 47.8 Å². The van der Waals surface area contributed by atoms with E-state index in [9.17, 15) is 10.1 Å². The minimum absolute atomic E-state index is 0.0386. The molecule has 10 nitrogen and oxygen atoms in total. The van der Waals surface area contributed by atoms with E-state index in [1.54, 1.807) is 19.2 Å². The highest BCUT2D eigenvalue weighted by Gasteiger charge is 2.27. The molecule has 1 aliphatic rings. The summed E-state index contributed by atoms with van der Waals surface area (Å²) in [6.45, 7) is 4.43. The molecule has 0 unspecified atom stereocenters. The van der Waals surface area contributed by atoms with Crippen LogP contribution in [-0.2, 0) is 16.0 Å². The number of pyridine rings is 1. The van der Waals surface area contributed by atoms with Gasteiger partial charge in [-0.1, -0.05) is 0 Å². The molecule has 0 saturated carbocycles. The third-order valence-electron chi connectivity index (χ3n) is 6.20. The molecule has 0 aliphatic carbocycles. The molecule has 178 valence electrons. The number of nitrogens with one attached hydrogen (secondary N) is 1. The fraction of sp³-hybridized carbons (Fsp3) is 0.360. The Labute approximate surface area is 201 Å². The van der Waals surface area contributed by atoms with Gasteiger partial charge in [0.1, 0.15) is 22.9 Å². The summed E-state index contributed by atoms with van der Waals surface area (Å²) in [5.41, 5.74) is 3.29. The van der Waals surface area contributed by atoms with E-state index in [1.807, 2.05) is 12.1 Å². The van der Waals surface area contributed by atoms with Crippen LogP contribution in [0, 0.1) is 18.3 Å². The van der Waals surface area contributed by atoms with E-state index in [2.05, 4.69) is 37.8 Å². The number of amides is 1. The number of hydrogen-bond donors (Lipinski definition) is 1. The number of carbonyl (C=O) groups is 1. The van der Waals surface area contributed by atoms with Crippen LogP contribution < -0.4 is 10.1 Å². The van der Waals surface area contributed by atoms with E-state index in [-0.39, 0.29) is 24.5 Å². The second-order valence-electron chi connectivity index (χ2n) is 8.66. The predicted octanol–water partition coefficient (Wildman–Crippen LogP) is 3.48. The first-order valence-corrected chi connectivity index (χ1v) is 11.5. The van der Waals surface area contributed by atoms with E-state index in [1.165, 1.54) is 13.3 Å². The lowest BCUT2D eigenvalue weighted by Gasteiger charge is -2.30. The molecule has 0 spiro atoms. The van der Waals surface area contributed by atoms with Crippen molar-refractivity contribution in [1.29, 1.82) is 5.26 Å². The summed E-state index contributed by atoms with van der Waals surface area (Å²) in [6, 6.07) is 7.73. The molecule has 1 amide bonds. The molecule has 2 atom stereocenters. The first kappa shape index (κ1) is 22.7. The van der Waals surface area contributed by atoms with Crippen LogP contribution >= 0.6 is 0 Å². The number of fused-ring (bicyclic) bond motifs is 3. The lowest BCUT2D eigenvalue weighted by molar-refractivity contribution is -0.115. The molecule has 5 rings (SSSR count). The quantitative estimate of drug-likeness (QED) is 0.468. The van der Waals surface area contributed by atoms with Crippen LogP contribution in [0.25, 0.3) is 21.9 Å². The highest BCUT2D eigenvalue weighted by Crippen LogP contribution is 2.34. The molecular weight excluding hydrogens is 446 g/mol. The van der Waals surface area contributed by atoms with Crippen LogP contribution in [0.5, 0.6) is 5.88 Å². The predicted molar refractivity (Wildman–Crippen MR) is 129 cm³/mol. The number of ether oxygens (including phenoxy) is 2. The number of carbonyl (C=O) groups excluding carboxylic acids is 1. The molecule has 1 aromatic carbocycles. The standard InChI is InChI=1S/C25H25N7O3/c1-14-8-17(6-7-35-14)32-22(10-23(33)31-21-13-27-15(2)29-25(21)34-3)30-20-12-28-19-5-4-16(11-26)9-18(19)24(20)32/h4-5,9,12-14,17H,6-8,10H2,1-3H3,(H,31,33)/t14-,17-/m1/s1. The molecule has 0 radical (unpaired) electrons. The monoisotopic (exact) mass is 471 g/mol. The zero-order valence-corrected chi connectivity index (χ0v) is 19.8. The van der Waals surface area contributed by atoms with Gasteiger partial charge in [-0.2, -0.15) is 10.2 Å². The number of aryl methyl sites for hydroxylation is 1. The normalized spacial score (nSPS) is 17.9. The third-order valence-corrected chi connectivity index (χ3v) is 6.20. The molecule has 1 fully saturated rings. The fourth-order valence-corrected chi connectivity index (χ4v) is 4.65. The second-order valence-corrected chi connectivity index (χ2v) is 8.66.